The number of amides is 4. The van der Waals surface area contributed by atoms with Crippen molar-refractivity contribution in [2.24, 2.45) is 23.7 Å². The number of benzene rings is 4. The van der Waals surface area contributed by atoms with Gasteiger partial charge in [0.25, 0.3) is 0 Å². The lowest BCUT2D eigenvalue weighted by Crippen LogP contribution is -2.53. The molecule has 2 aliphatic heterocycles. The van der Waals surface area contributed by atoms with Gasteiger partial charge in [-0.2, -0.15) is 0 Å². The molecule has 4 aliphatic rings. The SMILES string of the molecule is CCOc1cc([C@H]2C3=CC[C@@H]4C(=O)N(c5ccc(Br)cc5)C(=O)[C@@H]4[C@@H]3C[C@H]3C(=O)N(c4cccc(Cl)c4)C(=O)[C@@]23c2ccccc2)ccc1O. The van der Waals surface area contributed by atoms with Crippen LogP contribution in [0.1, 0.15) is 36.8 Å². The van der Waals surface area contributed by atoms with Crippen molar-refractivity contribution in [3.63, 3.8) is 0 Å². The summed E-state index contributed by atoms with van der Waals surface area (Å²) in [4.78, 5) is 61.2. The third-order valence-electron chi connectivity index (χ3n) is 10.9. The van der Waals surface area contributed by atoms with Gasteiger partial charge in [-0.25, -0.2) is 4.90 Å². The first-order chi connectivity index (χ1) is 24.2. The number of phenolic OH excluding ortho intramolecular Hbond substituents is 1. The number of rotatable bonds is 6. The lowest BCUT2D eigenvalue weighted by molar-refractivity contribution is -0.127. The molecule has 50 heavy (non-hydrogen) atoms. The Bertz CT molecular complexity index is 2100. The Morgan fingerprint density at radius 2 is 1.60 bits per heavy atom. The van der Waals surface area contributed by atoms with Gasteiger partial charge >= 0.3 is 0 Å². The van der Waals surface area contributed by atoms with Crippen molar-refractivity contribution in [2.75, 3.05) is 16.4 Å². The molecule has 2 heterocycles. The molecule has 8 rings (SSSR count). The molecule has 0 spiro atoms. The summed E-state index contributed by atoms with van der Waals surface area (Å²) in [5, 5.41) is 11.1. The fourth-order valence-electron chi connectivity index (χ4n) is 8.94. The Balaban J connectivity index is 1.36. The van der Waals surface area contributed by atoms with Gasteiger partial charge in [-0.3, -0.25) is 24.1 Å². The monoisotopic (exact) mass is 750 g/mol. The molecule has 0 aromatic heterocycles. The van der Waals surface area contributed by atoms with Gasteiger partial charge in [-0.15, -0.1) is 0 Å². The van der Waals surface area contributed by atoms with Gasteiger partial charge < -0.3 is 9.84 Å². The van der Waals surface area contributed by atoms with Crippen LogP contribution in [0.5, 0.6) is 11.5 Å². The molecule has 252 valence electrons. The number of nitrogens with zero attached hydrogens (tertiary/aromatic N) is 2. The Kier molecular flexibility index (Phi) is 7.95. The molecule has 10 heteroatoms. The molecular weight excluding hydrogens is 720 g/mol. The molecule has 0 bridgehead atoms. The summed E-state index contributed by atoms with van der Waals surface area (Å²) in [6.45, 7) is 2.11. The number of anilines is 2. The molecule has 0 unspecified atom stereocenters. The van der Waals surface area contributed by atoms with E-state index in [0.717, 1.165) is 10.0 Å². The van der Waals surface area contributed by atoms with Gasteiger partial charge in [-0.05, 0) is 91.4 Å². The molecule has 4 aromatic rings. The number of aromatic hydroxyl groups is 1. The zero-order chi connectivity index (χ0) is 34.9. The predicted octanol–water partition coefficient (Wildman–Crippen LogP) is 7.57. The number of imide groups is 2. The first-order valence-electron chi connectivity index (χ1n) is 16.6. The fraction of sp³-hybridized carbons (Fsp3) is 0.250. The van der Waals surface area contributed by atoms with Crippen LogP contribution in [-0.2, 0) is 24.6 Å². The van der Waals surface area contributed by atoms with Gasteiger partial charge in [-0.1, -0.05) is 81.6 Å². The number of fused-ring (bicyclic) bond motifs is 4. The summed E-state index contributed by atoms with van der Waals surface area (Å²) < 4.78 is 6.64. The number of carbonyl (C=O) groups is 4. The van der Waals surface area contributed by atoms with Crippen LogP contribution < -0.4 is 14.5 Å². The second kappa shape index (κ2) is 12.2. The van der Waals surface area contributed by atoms with Gasteiger partial charge in [0.15, 0.2) is 11.5 Å². The summed E-state index contributed by atoms with van der Waals surface area (Å²) in [7, 11) is 0. The van der Waals surface area contributed by atoms with Crippen LogP contribution in [0.2, 0.25) is 5.02 Å². The highest BCUT2D eigenvalue weighted by molar-refractivity contribution is 9.10. The van der Waals surface area contributed by atoms with Crippen molar-refractivity contribution in [2.45, 2.75) is 31.1 Å². The van der Waals surface area contributed by atoms with Crippen LogP contribution in [0.4, 0.5) is 11.4 Å². The highest BCUT2D eigenvalue weighted by atomic mass is 79.9. The van der Waals surface area contributed by atoms with E-state index in [-0.39, 0.29) is 29.7 Å². The van der Waals surface area contributed by atoms with Crippen molar-refractivity contribution in [1.29, 1.82) is 0 Å². The van der Waals surface area contributed by atoms with Crippen molar-refractivity contribution < 1.29 is 29.0 Å². The molecule has 0 radical (unpaired) electrons. The van der Waals surface area contributed by atoms with Crippen LogP contribution >= 0.6 is 27.5 Å². The molecule has 1 N–H and O–H groups in total. The van der Waals surface area contributed by atoms with Gasteiger partial charge in [0.05, 0.1) is 41.2 Å². The number of phenols is 1. The summed E-state index contributed by atoms with van der Waals surface area (Å²) in [5.74, 6) is -4.66. The zero-order valence-electron chi connectivity index (χ0n) is 27.0. The predicted molar refractivity (Wildman–Crippen MR) is 192 cm³/mol. The Morgan fingerprint density at radius 1 is 0.840 bits per heavy atom. The first-order valence-corrected chi connectivity index (χ1v) is 17.8. The normalized spacial score (nSPS) is 27.2. The lowest BCUT2D eigenvalue weighted by Gasteiger charge is -2.50. The number of hydrogen-bond donors (Lipinski definition) is 1. The van der Waals surface area contributed by atoms with Gasteiger partial charge in [0.2, 0.25) is 23.6 Å². The molecule has 4 aromatic carbocycles. The maximum Gasteiger partial charge on any atom is 0.246 e. The van der Waals surface area contributed by atoms with Crippen molar-refractivity contribution in [3.8, 4) is 11.5 Å². The van der Waals surface area contributed by atoms with Crippen LogP contribution in [0.3, 0.4) is 0 Å². The summed E-state index contributed by atoms with van der Waals surface area (Å²) >= 11 is 9.83. The maximum atomic E-state index is 15.3. The molecule has 3 fully saturated rings. The Hall–Kier alpha value is -4.73. The maximum absolute atomic E-state index is 15.3. The van der Waals surface area contributed by atoms with Crippen LogP contribution in [-0.4, -0.2) is 35.3 Å². The number of ether oxygens (including phenoxy) is 1. The fourth-order valence-corrected chi connectivity index (χ4v) is 9.39. The number of hydrogen-bond acceptors (Lipinski definition) is 6. The molecule has 6 atom stereocenters. The average Bonchev–Trinajstić information content (AvgIpc) is 3.51. The van der Waals surface area contributed by atoms with Crippen molar-refractivity contribution in [3.05, 3.63) is 129 Å². The molecule has 4 amide bonds. The molecular formula is C40H32BrClN2O6. The van der Waals surface area contributed by atoms with E-state index in [0.29, 0.717) is 40.6 Å². The molecule has 2 saturated heterocycles. The summed E-state index contributed by atoms with van der Waals surface area (Å²) in [6, 6.07) is 28.1. The van der Waals surface area contributed by atoms with E-state index in [4.69, 9.17) is 16.3 Å². The van der Waals surface area contributed by atoms with E-state index in [9.17, 15) is 19.5 Å². The van der Waals surface area contributed by atoms with E-state index in [1.807, 2.05) is 43.3 Å². The highest BCUT2D eigenvalue weighted by Gasteiger charge is 2.70. The topological polar surface area (TPSA) is 104 Å². The second-order valence-corrected chi connectivity index (χ2v) is 14.6. The number of halogens is 2. The van der Waals surface area contributed by atoms with E-state index < -0.39 is 46.8 Å². The van der Waals surface area contributed by atoms with E-state index in [2.05, 4.69) is 15.9 Å². The van der Waals surface area contributed by atoms with Gasteiger partial charge in [0, 0.05) is 15.4 Å². The Morgan fingerprint density at radius 3 is 2.32 bits per heavy atom. The number of allylic oxidation sites excluding steroid dienone is 2. The lowest BCUT2D eigenvalue weighted by atomic mass is 9.49. The minimum Gasteiger partial charge on any atom is -0.504 e. The summed E-state index contributed by atoms with van der Waals surface area (Å²) in [6.07, 6.45) is 2.50. The van der Waals surface area contributed by atoms with Crippen molar-refractivity contribution >= 4 is 62.5 Å². The molecule has 8 nitrogen and oxygen atoms in total. The standard InChI is InChI=1S/C40H32BrClN2O6/c1-2-50-33-19-22(11-18-32(33)45)35-28-16-17-29-34(38(48)43(36(29)46)26-14-12-24(41)13-15-26)30(28)21-31-37(47)44(27-10-6-9-25(42)20-27)39(49)40(31,35)23-7-4-3-5-8-23/h3-16,18-20,29-31,34-35,45H,2,17,21H2,1H3/t29-,30+,31-,34-,35-,40+/m0/s1. The van der Waals surface area contributed by atoms with Crippen molar-refractivity contribution in [1.82, 2.24) is 0 Å². The third-order valence-corrected chi connectivity index (χ3v) is 11.6. The minimum absolute atomic E-state index is 0.0537. The summed E-state index contributed by atoms with van der Waals surface area (Å²) in [5.41, 5.74) is 1.57. The Labute approximate surface area is 302 Å². The average molecular weight is 752 g/mol. The zero-order valence-corrected chi connectivity index (χ0v) is 29.3. The highest BCUT2D eigenvalue weighted by Crippen LogP contribution is 2.65. The number of carbonyl (C=O) groups excluding carboxylic acids is 4. The van der Waals surface area contributed by atoms with Crippen LogP contribution in [0.25, 0.3) is 0 Å². The second-order valence-electron chi connectivity index (χ2n) is 13.2. The first kappa shape index (κ1) is 32.5. The minimum atomic E-state index is -1.42. The molecule has 2 aliphatic carbocycles. The van der Waals surface area contributed by atoms with Crippen LogP contribution in [0.15, 0.2) is 113 Å². The smallest absolute Gasteiger partial charge is 0.246 e. The van der Waals surface area contributed by atoms with E-state index >= 15 is 4.79 Å². The quantitative estimate of drug-likeness (QED) is 0.161. The van der Waals surface area contributed by atoms with E-state index in [1.54, 1.807) is 66.7 Å². The van der Waals surface area contributed by atoms with Gasteiger partial charge in [0.1, 0.15) is 0 Å². The largest absolute Gasteiger partial charge is 0.504 e. The molecule has 1 saturated carbocycles. The third kappa shape index (κ3) is 4.70. The van der Waals surface area contributed by atoms with E-state index in [1.165, 1.54) is 9.80 Å². The van der Waals surface area contributed by atoms with Crippen LogP contribution in [0, 0.1) is 23.7 Å².